The highest BCUT2D eigenvalue weighted by atomic mass is 19.1. The summed E-state index contributed by atoms with van der Waals surface area (Å²) >= 11 is 0. The van der Waals surface area contributed by atoms with Gasteiger partial charge in [0.25, 0.3) is 0 Å². The van der Waals surface area contributed by atoms with E-state index < -0.39 is 11.6 Å². The van der Waals surface area contributed by atoms with E-state index >= 15 is 8.78 Å². The number of hydrogen-bond acceptors (Lipinski definition) is 0. The van der Waals surface area contributed by atoms with Gasteiger partial charge < -0.3 is 0 Å². The van der Waals surface area contributed by atoms with Gasteiger partial charge in [-0.15, -0.1) is 0 Å². The van der Waals surface area contributed by atoms with Crippen LogP contribution in [-0.4, -0.2) is 0 Å². The Morgan fingerprint density at radius 3 is 2.29 bits per heavy atom. The quantitative estimate of drug-likeness (QED) is 0.235. The topological polar surface area (TPSA) is 0 Å². The standard InChI is InChI=1S/C33H44F2/c1-3-5-7-9-11-25-14-17-28-21-29(19-18-27(28)20-25)30-22-31(34)33(32(35)23-30)26-15-12-24(13-16-26)10-8-6-4-2/h4,6,12-13,15-16,22-23,25,27-29H,3,5,7-11,14,17-21H2,1-2H3/b6-4+. The summed E-state index contributed by atoms with van der Waals surface area (Å²) in [7, 11) is 0. The monoisotopic (exact) mass is 478 g/mol. The zero-order chi connectivity index (χ0) is 24.6. The molecule has 2 aromatic rings. The second kappa shape index (κ2) is 12.8. The molecule has 4 unspecified atom stereocenters. The van der Waals surface area contributed by atoms with Crippen LogP contribution in [0, 0.1) is 29.4 Å². The van der Waals surface area contributed by atoms with Crippen LogP contribution in [0.25, 0.3) is 11.1 Å². The van der Waals surface area contributed by atoms with Gasteiger partial charge in [0.2, 0.25) is 0 Å². The first-order chi connectivity index (χ1) is 17.1. The smallest absolute Gasteiger partial charge is 0.134 e. The van der Waals surface area contributed by atoms with Gasteiger partial charge in [0, 0.05) is 0 Å². The highest BCUT2D eigenvalue weighted by Crippen LogP contribution is 2.49. The summed E-state index contributed by atoms with van der Waals surface area (Å²) in [5, 5.41) is 0. The second-order valence-corrected chi connectivity index (χ2v) is 11.2. The average Bonchev–Trinajstić information content (AvgIpc) is 2.87. The first-order valence-electron chi connectivity index (χ1n) is 14.3. The molecule has 2 fully saturated rings. The van der Waals surface area contributed by atoms with Gasteiger partial charge in [-0.1, -0.05) is 81.9 Å². The number of aryl methyl sites for hydroxylation is 1. The highest BCUT2D eigenvalue weighted by Gasteiger charge is 2.36. The van der Waals surface area contributed by atoms with Crippen molar-refractivity contribution in [1.29, 1.82) is 0 Å². The second-order valence-electron chi connectivity index (χ2n) is 11.2. The van der Waals surface area contributed by atoms with Gasteiger partial charge >= 0.3 is 0 Å². The molecule has 2 saturated carbocycles. The minimum absolute atomic E-state index is 0.117. The maximum absolute atomic E-state index is 15.2. The molecule has 0 bridgehead atoms. The molecule has 35 heavy (non-hydrogen) atoms. The van der Waals surface area contributed by atoms with Crippen LogP contribution in [0.2, 0.25) is 0 Å². The first-order valence-corrected chi connectivity index (χ1v) is 14.3. The largest absolute Gasteiger partial charge is 0.206 e. The van der Waals surface area contributed by atoms with Crippen LogP contribution in [0.1, 0.15) is 108 Å². The predicted octanol–water partition coefficient (Wildman–Crippen LogP) is 10.4. The van der Waals surface area contributed by atoms with E-state index in [1.54, 1.807) is 12.1 Å². The number of hydrogen-bond donors (Lipinski definition) is 0. The van der Waals surface area contributed by atoms with Crippen LogP contribution in [0.4, 0.5) is 8.78 Å². The molecule has 2 heteroatoms. The summed E-state index contributed by atoms with van der Waals surface area (Å²) in [6.45, 7) is 4.30. The fraction of sp³-hybridized carbons (Fsp3) is 0.576. The van der Waals surface area contributed by atoms with E-state index in [2.05, 4.69) is 13.0 Å². The molecule has 0 aromatic heterocycles. The Hall–Kier alpha value is -1.96. The summed E-state index contributed by atoms with van der Waals surface area (Å²) in [6, 6.07) is 11.0. The van der Waals surface area contributed by atoms with E-state index in [1.165, 1.54) is 63.4 Å². The maximum atomic E-state index is 15.2. The molecule has 0 radical (unpaired) electrons. The Balaban J connectivity index is 1.37. The van der Waals surface area contributed by atoms with Crippen LogP contribution < -0.4 is 0 Å². The van der Waals surface area contributed by atoms with Crippen molar-refractivity contribution in [3.05, 3.63) is 71.3 Å². The van der Waals surface area contributed by atoms with Crippen LogP contribution in [-0.2, 0) is 6.42 Å². The van der Waals surface area contributed by atoms with E-state index in [4.69, 9.17) is 0 Å². The minimum Gasteiger partial charge on any atom is -0.206 e. The number of allylic oxidation sites excluding steroid dienone is 2. The summed E-state index contributed by atoms with van der Waals surface area (Å²) in [5.74, 6) is 1.94. The van der Waals surface area contributed by atoms with E-state index in [0.29, 0.717) is 11.5 Å². The number of benzene rings is 2. The molecule has 4 rings (SSSR count). The van der Waals surface area contributed by atoms with Gasteiger partial charge in [0.05, 0.1) is 5.56 Å². The maximum Gasteiger partial charge on any atom is 0.134 e. The molecular formula is C33H44F2. The molecule has 2 aliphatic rings. The van der Waals surface area contributed by atoms with Gasteiger partial charge in [0.1, 0.15) is 11.6 Å². The van der Waals surface area contributed by atoms with E-state index in [9.17, 15) is 0 Å². The molecule has 190 valence electrons. The first kappa shape index (κ1) is 26.1. The van der Waals surface area contributed by atoms with Crippen molar-refractivity contribution in [1.82, 2.24) is 0 Å². The van der Waals surface area contributed by atoms with Crippen LogP contribution in [0.3, 0.4) is 0 Å². The zero-order valence-corrected chi connectivity index (χ0v) is 21.9. The Labute approximate surface area is 212 Å². The van der Waals surface area contributed by atoms with Crippen molar-refractivity contribution in [2.75, 3.05) is 0 Å². The van der Waals surface area contributed by atoms with Crippen LogP contribution >= 0.6 is 0 Å². The lowest BCUT2D eigenvalue weighted by atomic mass is 9.63. The Bertz CT molecular complexity index is 935. The summed E-state index contributed by atoms with van der Waals surface area (Å²) in [6.07, 6.45) is 20.4. The predicted molar refractivity (Wildman–Crippen MR) is 145 cm³/mol. The van der Waals surface area contributed by atoms with Gasteiger partial charge in [-0.3, -0.25) is 0 Å². The van der Waals surface area contributed by atoms with E-state index in [-0.39, 0.29) is 5.56 Å². The lowest BCUT2D eigenvalue weighted by Crippen LogP contribution is -2.30. The molecule has 0 N–H and O–H groups in total. The molecule has 0 saturated heterocycles. The number of halogens is 2. The fourth-order valence-electron chi connectivity index (χ4n) is 6.77. The third-order valence-corrected chi connectivity index (χ3v) is 8.80. The van der Waals surface area contributed by atoms with Crippen molar-refractivity contribution in [3.8, 4) is 11.1 Å². The Kier molecular flexibility index (Phi) is 9.58. The molecular weight excluding hydrogens is 434 g/mol. The molecule has 0 nitrogen and oxygen atoms in total. The van der Waals surface area contributed by atoms with Crippen LogP contribution in [0.15, 0.2) is 48.6 Å². The number of rotatable bonds is 10. The van der Waals surface area contributed by atoms with E-state index in [0.717, 1.165) is 49.0 Å². The number of unbranched alkanes of at least 4 members (excludes halogenated alkanes) is 3. The third kappa shape index (κ3) is 6.83. The summed E-state index contributed by atoms with van der Waals surface area (Å²) in [5.41, 5.74) is 2.80. The Morgan fingerprint density at radius 2 is 1.57 bits per heavy atom. The van der Waals surface area contributed by atoms with Crippen molar-refractivity contribution >= 4 is 0 Å². The van der Waals surface area contributed by atoms with Crippen LogP contribution in [0.5, 0.6) is 0 Å². The van der Waals surface area contributed by atoms with Gasteiger partial charge in [-0.05, 0) is 104 Å². The van der Waals surface area contributed by atoms with Crippen molar-refractivity contribution in [2.24, 2.45) is 17.8 Å². The lowest BCUT2D eigenvalue weighted by Gasteiger charge is -2.42. The average molecular weight is 479 g/mol. The number of fused-ring (bicyclic) bond motifs is 1. The normalized spacial score (nSPS) is 24.6. The molecule has 2 aromatic carbocycles. The SMILES string of the molecule is C/C=C/CCc1ccc(-c2c(F)cc(C3CCC4CC(CCCCCC)CCC4C3)cc2F)cc1. The highest BCUT2D eigenvalue weighted by molar-refractivity contribution is 5.65. The van der Waals surface area contributed by atoms with Gasteiger partial charge in [-0.25, -0.2) is 8.78 Å². The van der Waals surface area contributed by atoms with Crippen molar-refractivity contribution < 1.29 is 8.78 Å². The fourth-order valence-corrected chi connectivity index (χ4v) is 6.77. The van der Waals surface area contributed by atoms with Crippen molar-refractivity contribution in [3.63, 3.8) is 0 Å². The molecule has 2 aliphatic carbocycles. The van der Waals surface area contributed by atoms with Gasteiger partial charge in [0.15, 0.2) is 0 Å². The molecule has 0 heterocycles. The summed E-state index contributed by atoms with van der Waals surface area (Å²) < 4.78 is 30.4. The van der Waals surface area contributed by atoms with Gasteiger partial charge in [-0.2, -0.15) is 0 Å². The molecule has 0 aliphatic heterocycles. The minimum atomic E-state index is -0.417. The molecule has 4 atom stereocenters. The van der Waals surface area contributed by atoms with E-state index in [1.807, 2.05) is 37.3 Å². The van der Waals surface area contributed by atoms with Crippen molar-refractivity contribution in [2.45, 2.75) is 103 Å². The lowest BCUT2D eigenvalue weighted by molar-refractivity contribution is 0.113. The summed E-state index contributed by atoms with van der Waals surface area (Å²) in [4.78, 5) is 0. The molecule has 0 spiro atoms. The Morgan fingerprint density at radius 1 is 0.857 bits per heavy atom. The zero-order valence-electron chi connectivity index (χ0n) is 21.9. The third-order valence-electron chi connectivity index (χ3n) is 8.80. The molecule has 0 amide bonds.